The van der Waals surface area contributed by atoms with Crippen molar-refractivity contribution >= 4 is 17.2 Å². The Morgan fingerprint density at radius 1 is 1.05 bits per heavy atom. The van der Waals surface area contributed by atoms with Crippen LogP contribution in [-0.4, -0.2) is 38.8 Å². The number of pyridine rings is 1. The SMILES string of the molecule is C[C@@H]1C[C@H](N)C[C@H](c2ccncc2Nc2ncc3ccc(-c4c(F)cc(C5(F)CCOCC5)cc4F)nn23)C1. The lowest BCUT2D eigenvalue weighted by Gasteiger charge is -2.32. The van der Waals surface area contributed by atoms with Crippen LogP contribution in [0.15, 0.2) is 48.9 Å². The molecule has 6 rings (SSSR count). The first-order valence-electron chi connectivity index (χ1n) is 13.4. The third kappa shape index (κ3) is 4.98. The number of hydrogen-bond donors (Lipinski definition) is 2. The van der Waals surface area contributed by atoms with Crippen molar-refractivity contribution in [3.8, 4) is 11.3 Å². The van der Waals surface area contributed by atoms with Crippen LogP contribution in [-0.2, 0) is 10.4 Å². The molecule has 39 heavy (non-hydrogen) atoms. The summed E-state index contributed by atoms with van der Waals surface area (Å²) in [7, 11) is 0. The maximum Gasteiger partial charge on any atom is 0.229 e. The van der Waals surface area contributed by atoms with E-state index in [0.29, 0.717) is 17.4 Å². The molecule has 0 bridgehead atoms. The molecule has 3 N–H and O–H groups in total. The number of nitrogens with two attached hydrogens (primary N) is 1. The van der Waals surface area contributed by atoms with Gasteiger partial charge < -0.3 is 15.8 Å². The fourth-order valence-electron chi connectivity index (χ4n) is 6.06. The van der Waals surface area contributed by atoms with E-state index >= 15 is 13.2 Å². The molecule has 1 aromatic carbocycles. The maximum absolute atomic E-state index is 15.4. The number of nitrogens with one attached hydrogen (secondary N) is 1. The first-order valence-corrected chi connectivity index (χ1v) is 13.4. The summed E-state index contributed by atoms with van der Waals surface area (Å²) in [6.07, 6.45) is 8.17. The van der Waals surface area contributed by atoms with Gasteiger partial charge in [-0.1, -0.05) is 6.92 Å². The Hall–Kier alpha value is -3.50. The number of hydrogen-bond acceptors (Lipinski definition) is 6. The average Bonchev–Trinajstić information content (AvgIpc) is 3.30. The molecule has 2 fully saturated rings. The van der Waals surface area contributed by atoms with Crippen LogP contribution in [0, 0.1) is 17.6 Å². The lowest BCUT2D eigenvalue weighted by molar-refractivity contribution is -0.0117. The van der Waals surface area contributed by atoms with E-state index in [0.717, 1.165) is 42.6 Å². The van der Waals surface area contributed by atoms with Crippen LogP contribution in [0.1, 0.15) is 56.1 Å². The fraction of sp³-hybridized carbons (Fsp3) is 0.414. The minimum absolute atomic E-state index is 0.0172. The molecule has 7 nitrogen and oxygen atoms in total. The second kappa shape index (κ2) is 10.2. The minimum Gasteiger partial charge on any atom is -0.381 e. The molecule has 2 aliphatic rings. The number of imidazole rings is 1. The highest BCUT2D eigenvalue weighted by molar-refractivity contribution is 5.66. The molecule has 4 aromatic rings. The maximum atomic E-state index is 15.4. The zero-order valence-corrected chi connectivity index (χ0v) is 21.7. The quantitative estimate of drug-likeness (QED) is 0.324. The van der Waals surface area contributed by atoms with Crippen LogP contribution in [0.5, 0.6) is 0 Å². The van der Waals surface area contributed by atoms with Crippen molar-refractivity contribution in [1.29, 1.82) is 0 Å². The predicted octanol–water partition coefficient (Wildman–Crippen LogP) is 6.02. The first-order chi connectivity index (χ1) is 18.8. The van der Waals surface area contributed by atoms with Crippen molar-refractivity contribution in [2.75, 3.05) is 18.5 Å². The number of rotatable bonds is 5. The van der Waals surface area contributed by atoms with Gasteiger partial charge in [0.05, 0.1) is 34.9 Å². The lowest BCUT2D eigenvalue weighted by Crippen LogP contribution is -2.31. The van der Waals surface area contributed by atoms with Gasteiger partial charge in [0.25, 0.3) is 0 Å². The van der Waals surface area contributed by atoms with Crippen LogP contribution in [0.25, 0.3) is 16.8 Å². The topological polar surface area (TPSA) is 90.4 Å². The number of halogens is 3. The molecule has 1 aliphatic heterocycles. The van der Waals surface area contributed by atoms with Gasteiger partial charge in [-0.3, -0.25) is 4.98 Å². The summed E-state index contributed by atoms with van der Waals surface area (Å²) in [5, 5.41) is 7.83. The Morgan fingerprint density at radius 2 is 1.82 bits per heavy atom. The van der Waals surface area contributed by atoms with Crippen LogP contribution in [0.3, 0.4) is 0 Å². The second-order valence-corrected chi connectivity index (χ2v) is 10.9. The summed E-state index contributed by atoms with van der Waals surface area (Å²) in [6.45, 7) is 2.64. The number of nitrogens with zero attached hydrogens (tertiary/aromatic N) is 4. The van der Waals surface area contributed by atoms with E-state index in [1.54, 1.807) is 24.7 Å². The molecule has 1 aliphatic carbocycles. The van der Waals surface area contributed by atoms with Crippen LogP contribution < -0.4 is 11.1 Å². The van der Waals surface area contributed by atoms with E-state index in [1.165, 1.54) is 10.6 Å². The Morgan fingerprint density at radius 3 is 2.56 bits per heavy atom. The van der Waals surface area contributed by atoms with Gasteiger partial charge in [0, 0.05) is 38.3 Å². The Kier molecular flexibility index (Phi) is 6.76. The van der Waals surface area contributed by atoms with E-state index < -0.39 is 17.3 Å². The molecule has 1 saturated carbocycles. The average molecular weight is 537 g/mol. The first kappa shape index (κ1) is 25.8. The van der Waals surface area contributed by atoms with Gasteiger partial charge >= 0.3 is 0 Å². The van der Waals surface area contributed by atoms with Crippen LogP contribution >= 0.6 is 0 Å². The molecule has 0 radical (unpaired) electrons. The molecule has 10 heteroatoms. The lowest BCUT2D eigenvalue weighted by atomic mass is 9.76. The van der Waals surface area contributed by atoms with Gasteiger partial charge in [-0.05, 0) is 72.6 Å². The highest BCUT2D eigenvalue weighted by Crippen LogP contribution is 2.40. The summed E-state index contributed by atoms with van der Waals surface area (Å²) in [6, 6.07) is 7.50. The molecule has 3 aromatic heterocycles. The van der Waals surface area contributed by atoms with Crippen molar-refractivity contribution in [3.05, 3.63) is 71.7 Å². The monoisotopic (exact) mass is 536 g/mol. The van der Waals surface area contributed by atoms with Gasteiger partial charge in [0.15, 0.2) is 0 Å². The molecule has 4 heterocycles. The molecule has 1 saturated heterocycles. The van der Waals surface area contributed by atoms with Crippen LogP contribution in [0.2, 0.25) is 0 Å². The molecular formula is C29H31F3N6O. The summed E-state index contributed by atoms with van der Waals surface area (Å²) in [4.78, 5) is 8.75. The van der Waals surface area contributed by atoms with Crippen molar-refractivity contribution in [3.63, 3.8) is 0 Å². The highest BCUT2D eigenvalue weighted by atomic mass is 19.1. The normalized spacial score (nSPS) is 23.2. The second-order valence-electron chi connectivity index (χ2n) is 10.9. The summed E-state index contributed by atoms with van der Waals surface area (Å²) in [5.74, 6) is -0.553. The van der Waals surface area contributed by atoms with Gasteiger partial charge in [-0.25, -0.2) is 18.2 Å². The Bertz CT molecular complexity index is 1470. The highest BCUT2D eigenvalue weighted by Gasteiger charge is 2.36. The Labute approximate surface area is 224 Å². The van der Waals surface area contributed by atoms with E-state index in [4.69, 9.17) is 10.5 Å². The summed E-state index contributed by atoms with van der Waals surface area (Å²) in [5.41, 5.74) is 6.76. The molecule has 204 valence electrons. The van der Waals surface area contributed by atoms with Gasteiger partial charge in [0.2, 0.25) is 5.95 Å². The van der Waals surface area contributed by atoms with E-state index in [-0.39, 0.29) is 54.8 Å². The van der Waals surface area contributed by atoms with E-state index in [2.05, 4.69) is 27.3 Å². The summed E-state index contributed by atoms with van der Waals surface area (Å²) >= 11 is 0. The van der Waals surface area contributed by atoms with Crippen molar-refractivity contribution in [2.24, 2.45) is 11.7 Å². The zero-order valence-electron chi connectivity index (χ0n) is 21.7. The standard InChI is InChI=1S/C29H31F3N6O/c1-17-10-18(12-20(33)11-17)22-4-7-34-16-26(22)36-28-35-15-21-2-3-25(37-38(21)28)27-23(30)13-19(14-24(27)31)29(32)5-8-39-9-6-29/h2-4,7,13-18,20H,5-6,8-12,33H2,1H3,(H,35,36)/t17-,18+,20-/m0/s1. The molecule has 3 atom stereocenters. The third-order valence-corrected chi connectivity index (χ3v) is 8.01. The predicted molar refractivity (Wildman–Crippen MR) is 142 cm³/mol. The minimum atomic E-state index is -1.82. The number of anilines is 2. The molecule has 0 unspecified atom stereocenters. The Balaban J connectivity index is 1.33. The fourth-order valence-corrected chi connectivity index (χ4v) is 6.06. The van der Waals surface area contributed by atoms with Crippen molar-refractivity contribution in [1.82, 2.24) is 19.6 Å². The number of ether oxygens (including phenoxy) is 1. The van der Waals surface area contributed by atoms with Gasteiger partial charge in [-0.15, -0.1) is 0 Å². The molecular weight excluding hydrogens is 505 g/mol. The number of aromatic nitrogens is 4. The van der Waals surface area contributed by atoms with Crippen molar-refractivity contribution in [2.45, 2.75) is 56.7 Å². The van der Waals surface area contributed by atoms with Crippen molar-refractivity contribution < 1.29 is 17.9 Å². The van der Waals surface area contributed by atoms with Gasteiger partial charge in [0.1, 0.15) is 17.3 Å². The smallest absolute Gasteiger partial charge is 0.229 e. The van der Waals surface area contributed by atoms with Gasteiger partial charge in [-0.2, -0.15) is 9.61 Å². The third-order valence-electron chi connectivity index (χ3n) is 8.01. The van der Waals surface area contributed by atoms with E-state index in [1.807, 2.05) is 6.07 Å². The largest absolute Gasteiger partial charge is 0.381 e. The van der Waals surface area contributed by atoms with E-state index in [9.17, 15) is 0 Å². The number of fused-ring (bicyclic) bond motifs is 1. The van der Waals surface area contributed by atoms with Crippen LogP contribution in [0.4, 0.5) is 24.8 Å². The molecule has 0 spiro atoms. The summed E-state index contributed by atoms with van der Waals surface area (Å²) < 4.78 is 52.7. The molecule has 0 amide bonds. The number of alkyl halides is 1. The number of benzene rings is 1. The zero-order chi connectivity index (χ0) is 27.1.